The molecule has 1 amide bonds. The molecule has 25 heavy (non-hydrogen) atoms. The third kappa shape index (κ3) is 3.00. The molecule has 1 aromatic rings. The van der Waals surface area contributed by atoms with E-state index in [9.17, 15) is 14.7 Å². The number of nitrogens with two attached hydrogens (primary N) is 3. The summed E-state index contributed by atoms with van der Waals surface area (Å²) in [4.78, 5) is 29.7. The summed E-state index contributed by atoms with van der Waals surface area (Å²) in [6.45, 7) is 2.67. The molecule has 2 unspecified atom stereocenters. The number of carboxylic acid groups (broad SMARTS) is 1. The van der Waals surface area contributed by atoms with Crippen LogP contribution < -0.4 is 21.8 Å². The molecular formula is C14H21N6O3S2+. The molecule has 1 aromatic heterocycles. The lowest BCUT2D eigenvalue weighted by atomic mass is 9.89. The van der Waals surface area contributed by atoms with Crippen LogP contribution in [-0.2, 0) is 16.1 Å². The Bertz CT molecular complexity index is 733. The minimum Gasteiger partial charge on any atom is -0.481 e. The number of carbonyl (C=O) groups excluding carboxylic acids is 1. The Balaban J connectivity index is 1.80. The Kier molecular flexibility index (Phi) is 4.73. The predicted octanol–water partition coefficient (Wildman–Crippen LogP) is -1.04. The number of nitrogen functional groups attached to an aromatic ring is 2. The molecule has 3 heterocycles. The first kappa shape index (κ1) is 18.1. The highest BCUT2D eigenvalue weighted by Gasteiger charge is 2.55. The van der Waals surface area contributed by atoms with Crippen LogP contribution in [0.3, 0.4) is 0 Å². The van der Waals surface area contributed by atoms with Gasteiger partial charge in [0.05, 0.1) is 12.6 Å². The number of fused-ring (bicyclic) bond motifs is 1. The van der Waals surface area contributed by atoms with E-state index in [1.807, 2.05) is 6.92 Å². The number of aromatic nitrogens is 2. The molecule has 3 atom stereocenters. The lowest BCUT2D eigenvalue weighted by Crippen LogP contribution is -2.72. The second kappa shape index (κ2) is 6.54. The number of thioether (sulfide) groups is 2. The Morgan fingerprint density at radius 1 is 1.60 bits per heavy atom. The number of rotatable bonds is 5. The van der Waals surface area contributed by atoms with Crippen molar-refractivity contribution in [2.45, 2.75) is 30.0 Å². The molecule has 2 aliphatic heterocycles. The highest BCUT2D eigenvalue weighted by molar-refractivity contribution is 8.00. The van der Waals surface area contributed by atoms with Gasteiger partial charge in [-0.15, -0.1) is 11.8 Å². The summed E-state index contributed by atoms with van der Waals surface area (Å²) in [7, 11) is 0. The van der Waals surface area contributed by atoms with Crippen LogP contribution in [0.2, 0.25) is 0 Å². The molecule has 11 heteroatoms. The number of hydrogen-bond donors (Lipinski definition) is 4. The Morgan fingerprint density at radius 3 is 2.96 bits per heavy atom. The van der Waals surface area contributed by atoms with Crippen molar-refractivity contribution in [3.8, 4) is 0 Å². The van der Waals surface area contributed by atoms with E-state index in [0.717, 1.165) is 0 Å². The summed E-state index contributed by atoms with van der Waals surface area (Å²) >= 11 is 2.71. The number of carboxylic acids is 1. The lowest BCUT2D eigenvalue weighted by Gasteiger charge is -2.52. The van der Waals surface area contributed by atoms with Gasteiger partial charge in [0, 0.05) is 18.1 Å². The summed E-state index contributed by atoms with van der Waals surface area (Å²) in [5.74, 6) is 0.292. The van der Waals surface area contributed by atoms with E-state index >= 15 is 0 Å². The zero-order valence-electron chi connectivity index (χ0n) is 13.7. The lowest BCUT2D eigenvalue weighted by molar-refractivity contribution is -0.719. The van der Waals surface area contributed by atoms with Crippen LogP contribution in [0.25, 0.3) is 0 Å². The van der Waals surface area contributed by atoms with Gasteiger partial charge in [0.2, 0.25) is 17.5 Å². The van der Waals surface area contributed by atoms with Crippen molar-refractivity contribution in [2.24, 2.45) is 11.1 Å². The molecule has 3 rings (SSSR count). The van der Waals surface area contributed by atoms with Gasteiger partial charge in [0.1, 0.15) is 16.8 Å². The van der Waals surface area contributed by atoms with Gasteiger partial charge < -0.3 is 27.2 Å². The van der Waals surface area contributed by atoms with E-state index in [0.29, 0.717) is 23.3 Å². The fourth-order valence-electron chi connectivity index (χ4n) is 2.98. The molecule has 2 aliphatic rings. The maximum absolute atomic E-state index is 12.0. The fourth-order valence-corrected chi connectivity index (χ4v) is 5.88. The van der Waals surface area contributed by atoms with Crippen LogP contribution in [-0.4, -0.2) is 56.3 Å². The largest absolute Gasteiger partial charge is 0.481 e. The van der Waals surface area contributed by atoms with Crippen molar-refractivity contribution in [2.75, 3.05) is 29.5 Å². The van der Waals surface area contributed by atoms with Crippen LogP contribution in [0.4, 0.5) is 11.6 Å². The number of β-lactam (4-membered cyclic amide) rings is 1. The average Bonchev–Trinajstić information content (AvgIpc) is 2.58. The zero-order chi connectivity index (χ0) is 18.4. The van der Waals surface area contributed by atoms with Crippen LogP contribution in [0.15, 0.2) is 11.2 Å². The molecule has 0 saturated carbocycles. The molecular weight excluding hydrogens is 364 g/mol. The van der Waals surface area contributed by atoms with Crippen LogP contribution in [0.5, 0.6) is 0 Å². The minimum absolute atomic E-state index is 0.119. The quantitative estimate of drug-likeness (QED) is 0.215. The molecule has 0 aromatic carbocycles. The van der Waals surface area contributed by atoms with E-state index in [1.165, 1.54) is 23.5 Å². The van der Waals surface area contributed by atoms with E-state index in [4.69, 9.17) is 17.2 Å². The summed E-state index contributed by atoms with van der Waals surface area (Å²) < 4.78 is 1.78. The van der Waals surface area contributed by atoms with E-state index < -0.39 is 17.4 Å². The Hall–Kier alpha value is -1.72. The number of hydrogen-bond acceptors (Lipinski definition) is 8. The van der Waals surface area contributed by atoms with Gasteiger partial charge in [-0.25, -0.2) is 4.57 Å². The topological polar surface area (TPSA) is 152 Å². The van der Waals surface area contributed by atoms with Crippen LogP contribution in [0.1, 0.15) is 6.92 Å². The van der Waals surface area contributed by atoms with Gasteiger partial charge in [-0.1, -0.05) is 16.7 Å². The van der Waals surface area contributed by atoms with Gasteiger partial charge in [-0.2, -0.15) is 0 Å². The molecule has 0 aliphatic carbocycles. The summed E-state index contributed by atoms with van der Waals surface area (Å²) in [5, 5.41) is 10.3. The molecule has 0 bridgehead atoms. The number of aliphatic carboxylic acids is 1. The summed E-state index contributed by atoms with van der Waals surface area (Å²) in [6, 6.07) is 1.05. The molecule has 0 radical (unpaired) electrons. The maximum Gasteiger partial charge on any atom is 0.313 e. The molecule has 7 N–H and O–H groups in total. The van der Waals surface area contributed by atoms with E-state index in [2.05, 4.69) is 4.98 Å². The Morgan fingerprint density at radius 2 is 2.32 bits per heavy atom. The van der Waals surface area contributed by atoms with Crippen molar-refractivity contribution in [3.63, 3.8) is 0 Å². The first-order valence-corrected chi connectivity index (χ1v) is 9.82. The van der Waals surface area contributed by atoms with Crippen LogP contribution >= 0.6 is 23.5 Å². The highest BCUT2D eigenvalue weighted by Crippen LogP contribution is 2.43. The normalized spacial score (nSPS) is 28.4. The molecule has 0 spiro atoms. The highest BCUT2D eigenvalue weighted by atomic mass is 32.2. The third-order valence-electron chi connectivity index (χ3n) is 4.50. The second-order valence-corrected chi connectivity index (χ2v) is 8.25. The van der Waals surface area contributed by atoms with E-state index in [-0.39, 0.29) is 29.4 Å². The van der Waals surface area contributed by atoms with Crippen molar-refractivity contribution >= 4 is 47.0 Å². The number of anilines is 2. The minimum atomic E-state index is -1.06. The fraction of sp³-hybridized carbons (Fsp3) is 0.571. The van der Waals surface area contributed by atoms with E-state index in [1.54, 1.807) is 15.5 Å². The summed E-state index contributed by atoms with van der Waals surface area (Å²) in [6.07, 6.45) is 0. The number of carbonyl (C=O) groups is 2. The monoisotopic (exact) mass is 385 g/mol. The molecule has 2 saturated heterocycles. The average molecular weight is 385 g/mol. The van der Waals surface area contributed by atoms with Gasteiger partial charge in [0.15, 0.2) is 0 Å². The van der Waals surface area contributed by atoms with Crippen molar-refractivity contribution in [3.05, 3.63) is 6.07 Å². The van der Waals surface area contributed by atoms with Crippen molar-refractivity contribution in [1.82, 2.24) is 9.88 Å². The number of amides is 1. The third-order valence-corrected chi connectivity index (χ3v) is 7.37. The van der Waals surface area contributed by atoms with Gasteiger partial charge in [0.25, 0.3) is 0 Å². The van der Waals surface area contributed by atoms with Gasteiger partial charge in [-0.3, -0.25) is 9.59 Å². The second-order valence-electron chi connectivity index (χ2n) is 6.20. The summed E-state index contributed by atoms with van der Waals surface area (Å²) in [5.41, 5.74) is 16.4. The smallest absolute Gasteiger partial charge is 0.313 e. The first-order valence-electron chi connectivity index (χ1n) is 7.79. The maximum atomic E-state index is 12.0. The first-order chi connectivity index (χ1) is 11.8. The van der Waals surface area contributed by atoms with Crippen LogP contribution in [0, 0.1) is 5.41 Å². The molecule has 2 fully saturated rings. The standard InChI is InChI=1S/C14H20N6O3S2/c1-2-19-8(16)3-7(15)18-13(19)25-6-14(12(22)23)4-20-10(21)9(17)11(20)24-5-14/h3,9,11H,2,4-6,17H2,1H3,(H4,15,16,22,23)/p+1/t9?,11-,14?/m1/s1. The zero-order valence-corrected chi connectivity index (χ0v) is 15.3. The van der Waals surface area contributed by atoms with Gasteiger partial charge >= 0.3 is 11.1 Å². The Labute approximate surface area is 153 Å². The molecule has 9 nitrogen and oxygen atoms in total. The molecule has 136 valence electrons. The predicted molar refractivity (Wildman–Crippen MR) is 95.7 cm³/mol. The van der Waals surface area contributed by atoms with Gasteiger partial charge in [-0.05, 0) is 6.92 Å². The SMILES string of the molecule is CC[n+]1c(N)cc(N)nc1SCC1(C(=O)O)CS[C@@H]2C(N)C(=O)N2C1. The number of nitrogens with zero attached hydrogens (tertiary/aromatic N) is 3. The van der Waals surface area contributed by atoms with Crippen molar-refractivity contribution in [1.29, 1.82) is 0 Å². The van der Waals surface area contributed by atoms with Crippen molar-refractivity contribution < 1.29 is 19.3 Å².